The Hall–Kier alpha value is -1.73. The molecule has 1 aliphatic rings. The third kappa shape index (κ3) is 4.58. The highest BCUT2D eigenvalue weighted by Crippen LogP contribution is 2.36. The second kappa shape index (κ2) is 7.72. The summed E-state index contributed by atoms with van der Waals surface area (Å²) >= 11 is 0. The Morgan fingerprint density at radius 3 is 2.33 bits per heavy atom. The highest BCUT2D eigenvalue weighted by atomic mass is 32.2. The Morgan fingerprint density at radius 2 is 1.70 bits per heavy atom. The van der Waals surface area contributed by atoms with Gasteiger partial charge in [-0.3, -0.25) is 9.08 Å². The molecular formula is C21H27NO4S. The van der Waals surface area contributed by atoms with Crippen LogP contribution < -0.4 is 0 Å². The molecule has 2 aromatic carbocycles. The van der Waals surface area contributed by atoms with E-state index in [1.54, 1.807) is 31.2 Å². The van der Waals surface area contributed by atoms with E-state index in [0.717, 1.165) is 5.56 Å². The molecule has 0 N–H and O–H groups in total. The lowest BCUT2D eigenvalue weighted by atomic mass is 10.0. The van der Waals surface area contributed by atoms with Gasteiger partial charge in [0.2, 0.25) is 0 Å². The summed E-state index contributed by atoms with van der Waals surface area (Å²) in [6, 6.07) is 16.8. The molecule has 146 valence electrons. The van der Waals surface area contributed by atoms with E-state index in [-0.39, 0.29) is 29.4 Å². The van der Waals surface area contributed by atoms with Crippen LogP contribution in [0.5, 0.6) is 0 Å². The Bertz CT molecular complexity index is 875. The van der Waals surface area contributed by atoms with Gasteiger partial charge in [0.1, 0.15) is 6.23 Å². The van der Waals surface area contributed by atoms with Crippen molar-refractivity contribution >= 4 is 10.1 Å². The van der Waals surface area contributed by atoms with Gasteiger partial charge in [0.05, 0.1) is 17.6 Å². The van der Waals surface area contributed by atoms with Crippen molar-refractivity contribution in [1.29, 1.82) is 0 Å². The van der Waals surface area contributed by atoms with Crippen molar-refractivity contribution in [3.63, 3.8) is 0 Å². The summed E-state index contributed by atoms with van der Waals surface area (Å²) in [5, 5.41) is 0. The van der Waals surface area contributed by atoms with E-state index >= 15 is 0 Å². The molecule has 2 atom stereocenters. The molecule has 6 heteroatoms. The molecule has 0 radical (unpaired) electrons. The van der Waals surface area contributed by atoms with Gasteiger partial charge in [0.25, 0.3) is 10.1 Å². The second-order valence-corrected chi connectivity index (χ2v) is 9.43. The number of hydrogen-bond acceptors (Lipinski definition) is 5. The molecule has 3 rings (SSSR count). The van der Waals surface area contributed by atoms with E-state index in [1.807, 2.05) is 30.3 Å². The van der Waals surface area contributed by atoms with Gasteiger partial charge < -0.3 is 4.74 Å². The number of aryl methyl sites for hydroxylation is 1. The summed E-state index contributed by atoms with van der Waals surface area (Å²) < 4.78 is 36.6. The van der Waals surface area contributed by atoms with Crippen LogP contribution in [0.25, 0.3) is 0 Å². The minimum Gasteiger partial charge on any atom is -0.352 e. The van der Waals surface area contributed by atoms with E-state index in [2.05, 4.69) is 25.7 Å². The first-order valence-corrected chi connectivity index (χ1v) is 10.5. The summed E-state index contributed by atoms with van der Waals surface area (Å²) in [4.78, 5) is 2.44. The molecule has 1 heterocycles. The smallest absolute Gasteiger partial charge is 0.297 e. The Balaban J connectivity index is 1.74. The molecule has 1 saturated heterocycles. The highest BCUT2D eigenvalue weighted by molar-refractivity contribution is 7.86. The first-order valence-electron chi connectivity index (χ1n) is 9.11. The lowest BCUT2D eigenvalue weighted by Crippen LogP contribution is -2.41. The minimum absolute atomic E-state index is 0.00736. The zero-order chi connectivity index (χ0) is 19.7. The molecule has 0 saturated carbocycles. The molecule has 1 aliphatic heterocycles. The van der Waals surface area contributed by atoms with Crippen molar-refractivity contribution in [3.8, 4) is 0 Å². The molecule has 0 aromatic heterocycles. The average molecular weight is 390 g/mol. The van der Waals surface area contributed by atoms with Gasteiger partial charge in [-0.15, -0.1) is 0 Å². The fourth-order valence-electron chi connectivity index (χ4n) is 3.27. The van der Waals surface area contributed by atoms with E-state index in [4.69, 9.17) is 8.92 Å². The number of hydrogen-bond donors (Lipinski definition) is 0. The predicted octanol–water partition coefficient (Wildman–Crippen LogP) is 3.90. The van der Waals surface area contributed by atoms with Crippen molar-refractivity contribution in [3.05, 3.63) is 65.7 Å². The zero-order valence-electron chi connectivity index (χ0n) is 16.3. The standard InChI is InChI=1S/C21H27NO4S/c1-16-10-8-9-13-19(16)27(23,24)25-15-18-14-22(21(2,3)4)20(26-18)17-11-6-5-7-12-17/h5-13,18,20H,14-15H2,1-4H3/t18?,20-/m0/s1. The second-order valence-electron chi connectivity index (χ2n) is 7.85. The lowest BCUT2D eigenvalue weighted by Gasteiger charge is -2.35. The first kappa shape index (κ1) is 20.0. The quantitative estimate of drug-likeness (QED) is 0.726. The zero-order valence-corrected chi connectivity index (χ0v) is 17.1. The van der Waals surface area contributed by atoms with Gasteiger partial charge in [-0.25, -0.2) is 0 Å². The third-order valence-corrected chi connectivity index (χ3v) is 6.17. The highest BCUT2D eigenvalue weighted by Gasteiger charge is 2.40. The molecule has 0 bridgehead atoms. The van der Waals surface area contributed by atoms with Gasteiger partial charge in [0, 0.05) is 12.1 Å². The molecule has 0 amide bonds. The number of benzene rings is 2. The van der Waals surface area contributed by atoms with Gasteiger partial charge in [-0.05, 0) is 44.9 Å². The largest absolute Gasteiger partial charge is 0.352 e. The molecule has 1 fully saturated rings. The Labute approximate surface area is 162 Å². The van der Waals surface area contributed by atoms with E-state index in [9.17, 15) is 8.42 Å². The topological polar surface area (TPSA) is 55.8 Å². The minimum atomic E-state index is -3.81. The monoisotopic (exact) mass is 389 g/mol. The van der Waals surface area contributed by atoms with Gasteiger partial charge in [-0.1, -0.05) is 48.5 Å². The van der Waals surface area contributed by atoms with Crippen LogP contribution in [0.15, 0.2) is 59.5 Å². The van der Waals surface area contributed by atoms with E-state index < -0.39 is 10.1 Å². The van der Waals surface area contributed by atoms with Crippen LogP contribution in [0.1, 0.15) is 38.1 Å². The SMILES string of the molecule is Cc1ccccc1S(=O)(=O)OCC1CN(C(C)(C)C)[C@H](c2ccccc2)O1. The predicted molar refractivity (Wildman–Crippen MR) is 105 cm³/mol. The molecule has 5 nitrogen and oxygen atoms in total. The average Bonchev–Trinajstić information content (AvgIpc) is 3.06. The van der Waals surface area contributed by atoms with Crippen LogP contribution >= 0.6 is 0 Å². The summed E-state index contributed by atoms with van der Waals surface area (Å²) in [7, 11) is -3.81. The van der Waals surface area contributed by atoms with Crippen LogP contribution in [0, 0.1) is 6.92 Å². The van der Waals surface area contributed by atoms with Crippen molar-refractivity contribution in [1.82, 2.24) is 4.90 Å². The van der Waals surface area contributed by atoms with Gasteiger partial charge in [0.15, 0.2) is 0 Å². The van der Waals surface area contributed by atoms with E-state index in [0.29, 0.717) is 12.1 Å². The number of ether oxygens (including phenoxy) is 1. The fraction of sp³-hybridized carbons (Fsp3) is 0.429. The Kier molecular flexibility index (Phi) is 5.72. The third-order valence-electron chi connectivity index (χ3n) is 4.72. The van der Waals surface area contributed by atoms with Crippen LogP contribution in [0.2, 0.25) is 0 Å². The molecule has 0 aliphatic carbocycles. The van der Waals surface area contributed by atoms with Gasteiger partial charge in [-0.2, -0.15) is 8.42 Å². The lowest BCUT2D eigenvalue weighted by molar-refractivity contribution is -0.0394. The van der Waals surface area contributed by atoms with Gasteiger partial charge >= 0.3 is 0 Å². The Morgan fingerprint density at radius 1 is 1.07 bits per heavy atom. The van der Waals surface area contributed by atoms with Crippen LogP contribution in [-0.2, 0) is 19.0 Å². The fourth-order valence-corrected chi connectivity index (χ4v) is 4.44. The molecular weight excluding hydrogens is 362 g/mol. The maximum atomic E-state index is 12.5. The van der Waals surface area contributed by atoms with Crippen LogP contribution in [0.4, 0.5) is 0 Å². The van der Waals surface area contributed by atoms with Crippen LogP contribution in [-0.4, -0.2) is 38.1 Å². The summed E-state index contributed by atoms with van der Waals surface area (Å²) in [5.74, 6) is 0. The van der Waals surface area contributed by atoms with Crippen molar-refractivity contribution < 1.29 is 17.3 Å². The number of rotatable bonds is 5. The van der Waals surface area contributed by atoms with Crippen molar-refractivity contribution in [2.24, 2.45) is 0 Å². The maximum Gasteiger partial charge on any atom is 0.297 e. The van der Waals surface area contributed by atoms with Crippen molar-refractivity contribution in [2.45, 2.75) is 50.5 Å². The first-order chi connectivity index (χ1) is 12.7. The summed E-state index contributed by atoms with van der Waals surface area (Å²) in [6.45, 7) is 8.73. The number of nitrogens with zero attached hydrogens (tertiary/aromatic N) is 1. The molecule has 1 unspecified atom stereocenters. The molecule has 27 heavy (non-hydrogen) atoms. The molecule has 2 aromatic rings. The normalized spacial score (nSPS) is 21.5. The van der Waals surface area contributed by atoms with E-state index in [1.165, 1.54) is 0 Å². The summed E-state index contributed by atoms with van der Waals surface area (Å²) in [5.41, 5.74) is 1.60. The maximum absolute atomic E-state index is 12.5. The van der Waals surface area contributed by atoms with Crippen molar-refractivity contribution in [2.75, 3.05) is 13.2 Å². The summed E-state index contributed by atoms with van der Waals surface area (Å²) in [6.07, 6.45) is -0.547. The molecule has 0 spiro atoms. The van der Waals surface area contributed by atoms with Crippen LogP contribution in [0.3, 0.4) is 0 Å².